The van der Waals surface area contributed by atoms with Gasteiger partial charge in [-0.1, -0.05) is 0 Å². The van der Waals surface area contributed by atoms with Crippen LogP contribution in [-0.2, 0) is 11.0 Å². The Kier molecular flexibility index (Phi) is 7.04. The van der Waals surface area contributed by atoms with Crippen LogP contribution in [0.25, 0.3) is 0 Å². The molecule has 0 aliphatic carbocycles. The molecule has 2 aliphatic heterocycles. The van der Waals surface area contributed by atoms with Gasteiger partial charge in [0.1, 0.15) is 11.4 Å². The molecular weight excluding hydrogens is 465 g/mol. The molecule has 2 aliphatic rings. The average Bonchev–Trinajstić information content (AvgIpc) is 2.87. The Balaban J connectivity index is 1.33. The van der Waals surface area contributed by atoms with Crippen LogP contribution in [0.1, 0.15) is 18.4 Å². The van der Waals surface area contributed by atoms with E-state index in [1.54, 1.807) is 12.0 Å². The number of rotatable bonds is 5. The van der Waals surface area contributed by atoms with Gasteiger partial charge in [0.25, 0.3) is 5.69 Å². The largest absolute Gasteiger partial charge is 0.497 e. The topological polar surface area (TPSA) is 79.2 Å². The summed E-state index contributed by atoms with van der Waals surface area (Å²) in [7, 11) is 1.62. The van der Waals surface area contributed by atoms with E-state index in [1.807, 2.05) is 29.2 Å². The highest BCUT2D eigenvalue weighted by Crippen LogP contribution is 2.38. The molecule has 2 heterocycles. The molecule has 0 saturated carbocycles. The summed E-state index contributed by atoms with van der Waals surface area (Å²) in [6.45, 7) is 3.39. The summed E-state index contributed by atoms with van der Waals surface area (Å²) in [4.78, 5) is 29.5. The Morgan fingerprint density at radius 3 is 2.14 bits per heavy atom. The van der Waals surface area contributed by atoms with Gasteiger partial charge in [0.2, 0.25) is 5.91 Å². The number of halogens is 3. The maximum Gasteiger partial charge on any atom is 0.416 e. The van der Waals surface area contributed by atoms with Gasteiger partial charge in [-0.2, -0.15) is 13.2 Å². The van der Waals surface area contributed by atoms with Crippen molar-refractivity contribution in [3.05, 3.63) is 58.1 Å². The lowest BCUT2D eigenvalue weighted by Crippen LogP contribution is -2.51. The van der Waals surface area contributed by atoms with E-state index in [4.69, 9.17) is 4.74 Å². The van der Waals surface area contributed by atoms with E-state index in [9.17, 15) is 28.1 Å². The van der Waals surface area contributed by atoms with Gasteiger partial charge in [0, 0.05) is 56.9 Å². The number of nitro benzene ring substituents is 1. The van der Waals surface area contributed by atoms with Crippen molar-refractivity contribution in [2.45, 2.75) is 19.0 Å². The van der Waals surface area contributed by atoms with Crippen LogP contribution in [0.3, 0.4) is 0 Å². The minimum atomic E-state index is -4.65. The number of nitrogens with zero attached hydrogens (tertiary/aromatic N) is 4. The summed E-state index contributed by atoms with van der Waals surface area (Å²) in [5.41, 5.74) is -0.391. The van der Waals surface area contributed by atoms with Crippen LogP contribution in [0.15, 0.2) is 42.5 Å². The number of hydrogen-bond donors (Lipinski definition) is 0. The molecule has 0 spiro atoms. The highest BCUT2D eigenvalue weighted by Gasteiger charge is 2.35. The number of alkyl halides is 3. The lowest BCUT2D eigenvalue weighted by atomic mass is 9.94. The smallest absolute Gasteiger partial charge is 0.416 e. The van der Waals surface area contributed by atoms with Crippen molar-refractivity contribution in [3.8, 4) is 5.75 Å². The normalized spacial score (nSPS) is 17.4. The lowest BCUT2D eigenvalue weighted by molar-refractivity contribution is -0.384. The molecule has 188 valence electrons. The van der Waals surface area contributed by atoms with E-state index in [1.165, 1.54) is 0 Å². The van der Waals surface area contributed by atoms with E-state index in [0.717, 1.165) is 23.6 Å². The van der Waals surface area contributed by atoms with Gasteiger partial charge < -0.3 is 19.4 Å². The van der Waals surface area contributed by atoms with E-state index >= 15 is 0 Å². The number of benzene rings is 2. The Morgan fingerprint density at radius 1 is 0.971 bits per heavy atom. The molecule has 2 aromatic rings. The van der Waals surface area contributed by atoms with Gasteiger partial charge >= 0.3 is 6.18 Å². The molecule has 8 nitrogen and oxygen atoms in total. The highest BCUT2D eigenvalue weighted by molar-refractivity contribution is 5.79. The summed E-state index contributed by atoms with van der Waals surface area (Å²) in [5.74, 6) is 0.656. The molecule has 4 rings (SSSR count). The molecule has 0 N–H and O–H groups in total. The van der Waals surface area contributed by atoms with Crippen LogP contribution in [0.2, 0.25) is 0 Å². The number of carbonyl (C=O) groups excluding carboxylic acids is 1. The van der Waals surface area contributed by atoms with Gasteiger partial charge in [0.15, 0.2) is 0 Å². The van der Waals surface area contributed by atoms with Crippen molar-refractivity contribution in [1.29, 1.82) is 0 Å². The maximum atomic E-state index is 13.1. The number of piperidine rings is 1. The van der Waals surface area contributed by atoms with Crippen LogP contribution >= 0.6 is 0 Å². The molecule has 0 radical (unpaired) electrons. The second-order valence-electron chi connectivity index (χ2n) is 8.73. The van der Waals surface area contributed by atoms with Crippen LogP contribution in [-0.4, -0.2) is 62.1 Å². The van der Waals surface area contributed by atoms with Gasteiger partial charge in [-0.15, -0.1) is 0 Å². The van der Waals surface area contributed by atoms with Gasteiger partial charge in [-0.05, 0) is 49.2 Å². The number of nitro groups is 1. The number of amides is 1. The zero-order chi connectivity index (χ0) is 25.2. The van der Waals surface area contributed by atoms with Crippen molar-refractivity contribution in [2.24, 2.45) is 5.92 Å². The first-order valence-corrected chi connectivity index (χ1v) is 11.5. The van der Waals surface area contributed by atoms with Crippen LogP contribution < -0.4 is 14.5 Å². The average molecular weight is 492 g/mol. The number of methoxy groups -OCH3 is 1. The molecular formula is C24H27F3N4O4. The second-order valence-corrected chi connectivity index (χ2v) is 8.73. The van der Waals surface area contributed by atoms with Gasteiger partial charge in [-0.25, -0.2) is 0 Å². The van der Waals surface area contributed by atoms with E-state index in [0.29, 0.717) is 58.2 Å². The first-order chi connectivity index (χ1) is 16.7. The fraction of sp³-hybridized carbons (Fsp3) is 0.458. The minimum Gasteiger partial charge on any atom is -0.497 e. The monoisotopic (exact) mass is 492 g/mol. The molecule has 2 fully saturated rings. The summed E-state index contributed by atoms with van der Waals surface area (Å²) >= 11 is 0. The zero-order valence-corrected chi connectivity index (χ0v) is 19.3. The number of piperazine rings is 1. The quantitative estimate of drug-likeness (QED) is 0.460. The van der Waals surface area contributed by atoms with Gasteiger partial charge in [-0.3, -0.25) is 14.9 Å². The third kappa shape index (κ3) is 5.44. The molecule has 0 atom stereocenters. The SMILES string of the molecule is COc1ccc(N2CCN(C(=O)C3CCN(c4ccc(C(F)(F)F)cc4[N+](=O)[O-])CC3)CC2)cc1. The molecule has 0 aromatic heterocycles. The van der Waals surface area contributed by atoms with Crippen LogP contribution in [0, 0.1) is 16.0 Å². The number of hydrogen-bond acceptors (Lipinski definition) is 6. The Labute approximate surface area is 201 Å². The number of ether oxygens (including phenoxy) is 1. The third-order valence-corrected chi connectivity index (χ3v) is 6.71. The molecule has 2 aromatic carbocycles. The lowest BCUT2D eigenvalue weighted by Gasteiger charge is -2.39. The molecule has 35 heavy (non-hydrogen) atoms. The van der Waals surface area contributed by atoms with E-state index in [2.05, 4.69) is 4.90 Å². The first kappa shape index (κ1) is 24.6. The second kappa shape index (κ2) is 10.0. The van der Waals surface area contributed by atoms with Crippen LogP contribution in [0.5, 0.6) is 5.75 Å². The fourth-order valence-electron chi connectivity index (χ4n) is 4.72. The maximum absolute atomic E-state index is 13.1. The first-order valence-electron chi connectivity index (χ1n) is 11.5. The Morgan fingerprint density at radius 2 is 1.60 bits per heavy atom. The van der Waals surface area contributed by atoms with Crippen molar-refractivity contribution >= 4 is 23.0 Å². The van der Waals surface area contributed by atoms with Crippen molar-refractivity contribution < 1.29 is 27.6 Å². The van der Waals surface area contributed by atoms with E-state index in [-0.39, 0.29) is 17.5 Å². The van der Waals surface area contributed by atoms with Crippen molar-refractivity contribution in [3.63, 3.8) is 0 Å². The molecule has 2 saturated heterocycles. The molecule has 0 unspecified atom stereocenters. The summed E-state index contributed by atoms with van der Waals surface area (Å²) < 4.78 is 44.2. The van der Waals surface area contributed by atoms with Crippen LogP contribution in [0.4, 0.5) is 30.2 Å². The third-order valence-electron chi connectivity index (χ3n) is 6.71. The number of anilines is 2. The highest BCUT2D eigenvalue weighted by atomic mass is 19.4. The summed E-state index contributed by atoms with van der Waals surface area (Å²) in [5, 5.41) is 11.4. The minimum absolute atomic E-state index is 0.0703. The standard InChI is InChI=1S/C24H27F3N4O4/c1-35-20-5-3-19(4-6-20)28-12-14-30(15-13-28)23(32)17-8-10-29(11-9-17)21-7-2-18(24(25,26)27)16-22(21)31(33)34/h2-7,16-17H,8-15H2,1H3. The van der Waals surface area contributed by atoms with E-state index < -0.39 is 22.4 Å². The Hall–Kier alpha value is -3.50. The Bertz CT molecular complexity index is 1060. The number of carbonyl (C=O) groups is 1. The summed E-state index contributed by atoms with van der Waals surface area (Å²) in [6, 6.07) is 10.4. The molecule has 11 heteroatoms. The fourth-order valence-corrected chi connectivity index (χ4v) is 4.72. The van der Waals surface area contributed by atoms with Crippen molar-refractivity contribution in [2.75, 3.05) is 56.2 Å². The molecule has 1 amide bonds. The predicted molar refractivity (Wildman–Crippen MR) is 125 cm³/mol. The summed E-state index contributed by atoms with van der Waals surface area (Å²) in [6.07, 6.45) is -3.66. The zero-order valence-electron chi connectivity index (χ0n) is 19.3. The predicted octanol–water partition coefficient (Wildman–Crippen LogP) is 4.19. The van der Waals surface area contributed by atoms with Gasteiger partial charge in [0.05, 0.1) is 17.6 Å². The molecule has 0 bridgehead atoms. The van der Waals surface area contributed by atoms with Crippen molar-refractivity contribution in [1.82, 2.24) is 4.90 Å².